The average molecular weight is 421 g/mol. The van der Waals surface area contributed by atoms with Crippen molar-refractivity contribution in [1.29, 1.82) is 0 Å². The van der Waals surface area contributed by atoms with E-state index in [0.717, 1.165) is 24.2 Å². The van der Waals surface area contributed by atoms with Gasteiger partial charge >= 0.3 is 0 Å². The first-order valence-corrected chi connectivity index (χ1v) is 10.8. The molecule has 3 aromatic rings. The first-order valence-electron chi connectivity index (χ1n) is 10.8. The molecule has 31 heavy (non-hydrogen) atoms. The molecular weight excluding hydrogens is 397 g/mol. The molecule has 6 rings (SSSR count). The Labute approximate surface area is 179 Å². The van der Waals surface area contributed by atoms with Gasteiger partial charge in [0.25, 0.3) is 5.91 Å². The van der Waals surface area contributed by atoms with Crippen LogP contribution in [0, 0.1) is 5.82 Å². The van der Waals surface area contributed by atoms with Gasteiger partial charge in [0.1, 0.15) is 11.5 Å². The largest absolute Gasteiger partial charge is 0.356 e. The molecule has 1 amide bonds. The van der Waals surface area contributed by atoms with E-state index in [9.17, 15) is 9.18 Å². The molecule has 0 bridgehead atoms. The number of hydrogen-bond donors (Lipinski definition) is 0. The highest BCUT2D eigenvalue weighted by molar-refractivity contribution is 5.89. The van der Waals surface area contributed by atoms with Crippen LogP contribution in [0.1, 0.15) is 44.2 Å². The number of carbonyl (C=O) groups excluding carboxylic acids is 1. The molecule has 5 heterocycles. The minimum Gasteiger partial charge on any atom is -0.356 e. The van der Waals surface area contributed by atoms with Gasteiger partial charge in [-0.05, 0) is 31.4 Å². The van der Waals surface area contributed by atoms with Crippen molar-refractivity contribution in [3.63, 3.8) is 0 Å². The second-order valence-corrected chi connectivity index (χ2v) is 8.93. The van der Waals surface area contributed by atoms with Gasteiger partial charge < -0.3 is 14.5 Å². The molecule has 3 saturated heterocycles. The van der Waals surface area contributed by atoms with Crippen LogP contribution in [0.15, 0.2) is 48.8 Å². The average Bonchev–Trinajstić information content (AvgIpc) is 3.40. The number of piperidine rings is 1. The zero-order valence-corrected chi connectivity index (χ0v) is 17.4. The van der Waals surface area contributed by atoms with Crippen LogP contribution < -0.4 is 4.90 Å². The molecule has 0 radical (unpaired) electrons. The Morgan fingerprint density at radius 2 is 1.90 bits per heavy atom. The van der Waals surface area contributed by atoms with Gasteiger partial charge in [0.15, 0.2) is 17.1 Å². The van der Waals surface area contributed by atoms with Gasteiger partial charge in [-0.2, -0.15) is 9.61 Å². The van der Waals surface area contributed by atoms with Crippen molar-refractivity contribution in [2.75, 3.05) is 18.0 Å². The molecular formula is C23H24FN5O2. The summed E-state index contributed by atoms with van der Waals surface area (Å²) in [6, 6.07) is 12.1. The smallest absolute Gasteiger partial charge is 0.257 e. The molecule has 3 fully saturated rings. The summed E-state index contributed by atoms with van der Waals surface area (Å²) < 4.78 is 22.0. The summed E-state index contributed by atoms with van der Waals surface area (Å²) in [6.45, 7) is 3.31. The third kappa shape index (κ3) is 2.64. The lowest BCUT2D eigenvalue weighted by Crippen LogP contribution is -2.50. The van der Waals surface area contributed by atoms with E-state index in [2.05, 4.69) is 27.1 Å². The molecule has 0 N–H and O–H groups in total. The van der Waals surface area contributed by atoms with E-state index in [-0.39, 0.29) is 17.6 Å². The fourth-order valence-electron chi connectivity index (χ4n) is 5.62. The molecule has 1 spiro atoms. The minimum atomic E-state index is -0.791. The number of halogens is 1. The van der Waals surface area contributed by atoms with Crippen molar-refractivity contribution in [3.05, 3.63) is 60.2 Å². The summed E-state index contributed by atoms with van der Waals surface area (Å²) in [5, 5.41) is 4.13. The van der Waals surface area contributed by atoms with Gasteiger partial charge in [0, 0.05) is 32.1 Å². The molecule has 1 aromatic carbocycles. The summed E-state index contributed by atoms with van der Waals surface area (Å²) in [5.41, 5.74) is 0.0250. The molecule has 0 aliphatic carbocycles. The van der Waals surface area contributed by atoms with E-state index in [4.69, 9.17) is 4.74 Å². The highest BCUT2D eigenvalue weighted by Gasteiger charge is 2.63. The summed E-state index contributed by atoms with van der Waals surface area (Å²) in [6.07, 6.45) is 5.70. The fraction of sp³-hybridized carbons (Fsp3) is 0.435. The number of anilines is 1. The molecule has 2 atom stereocenters. The van der Waals surface area contributed by atoms with Gasteiger partial charge in [-0.1, -0.05) is 30.3 Å². The maximum atomic E-state index is 13.9. The second kappa shape index (κ2) is 6.50. The van der Waals surface area contributed by atoms with Crippen LogP contribution in [0.4, 0.5) is 10.2 Å². The molecule has 3 aliphatic heterocycles. The van der Waals surface area contributed by atoms with Crippen molar-refractivity contribution in [2.24, 2.45) is 0 Å². The number of fused-ring (bicyclic) bond motifs is 2. The highest BCUT2D eigenvalue weighted by atomic mass is 19.1. The number of carbonyl (C=O) groups is 1. The molecule has 0 unspecified atom stereocenters. The Bertz CT molecular complexity index is 1160. The summed E-state index contributed by atoms with van der Waals surface area (Å²) in [7, 11) is 0. The SMILES string of the molecule is C[C@@]12CC[C@@H](c3ccccc3)N1C(=O)C1(CCN(c3ccnc4c(F)cnn34)CC1)O2. The Morgan fingerprint density at radius 3 is 2.68 bits per heavy atom. The van der Waals surface area contributed by atoms with Gasteiger partial charge in [0.05, 0.1) is 12.2 Å². The van der Waals surface area contributed by atoms with E-state index in [0.29, 0.717) is 25.9 Å². The van der Waals surface area contributed by atoms with Crippen LogP contribution in [0.25, 0.3) is 5.65 Å². The van der Waals surface area contributed by atoms with Crippen molar-refractivity contribution in [2.45, 2.75) is 50.0 Å². The van der Waals surface area contributed by atoms with Crippen LogP contribution in [0.2, 0.25) is 0 Å². The van der Waals surface area contributed by atoms with Crippen LogP contribution >= 0.6 is 0 Å². The number of benzene rings is 1. The van der Waals surface area contributed by atoms with Gasteiger partial charge in [-0.3, -0.25) is 4.79 Å². The van der Waals surface area contributed by atoms with E-state index in [1.165, 1.54) is 10.7 Å². The maximum absolute atomic E-state index is 13.9. The standard InChI is InChI=1S/C23H24FN5O2/c1-22-9-7-18(16-5-3-2-4-6-16)28(22)21(30)23(31-22)10-13-27(14-11-23)19-8-12-25-20-17(24)15-26-29(19)20/h2-6,8,12,15,18H,7,9-11,13-14H2,1H3/t18-,22+/m0/s1. The molecule has 2 aromatic heterocycles. The number of rotatable bonds is 2. The van der Waals surface area contributed by atoms with Crippen molar-refractivity contribution >= 4 is 17.4 Å². The number of amides is 1. The predicted molar refractivity (Wildman–Crippen MR) is 112 cm³/mol. The van der Waals surface area contributed by atoms with Crippen LogP contribution in [-0.4, -0.2) is 49.8 Å². The monoisotopic (exact) mass is 421 g/mol. The van der Waals surface area contributed by atoms with Gasteiger partial charge in [-0.25, -0.2) is 9.37 Å². The van der Waals surface area contributed by atoms with Crippen LogP contribution in [-0.2, 0) is 9.53 Å². The predicted octanol–water partition coefficient (Wildman–Crippen LogP) is 3.32. The summed E-state index contributed by atoms with van der Waals surface area (Å²) in [5.74, 6) is 0.444. The minimum absolute atomic E-state index is 0.0583. The normalized spacial score (nSPS) is 27.4. The summed E-state index contributed by atoms with van der Waals surface area (Å²) in [4.78, 5) is 21.9. The fourth-order valence-corrected chi connectivity index (χ4v) is 5.62. The molecule has 0 saturated carbocycles. The Kier molecular flexibility index (Phi) is 3.93. The zero-order chi connectivity index (χ0) is 21.2. The van der Waals surface area contributed by atoms with Crippen molar-refractivity contribution < 1.29 is 13.9 Å². The zero-order valence-electron chi connectivity index (χ0n) is 17.4. The molecule has 3 aliphatic rings. The van der Waals surface area contributed by atoms with E-state index < -0.39 is 17.1 Å². The molecule has 160 valence electrons. The molecule has 7 nitrogen and oxygen atoms in total. The van der Waals surface area contributed by atoms with Gasteiger partial charge in [-0.15, -0.1) is 0 Å². The Balaban J connectivity index is 1.26. The maximum Gasteiger partial charge on any atom is 0.257 e. The second-order valence-electron chi connectivity index (χ2n) is 8.93. The van der Waals surface area contributed by atoms with E-state index in [1.807, 2.05) is 36.1 Å². The van der Waals surface area contributed by atoms with Gasteiger partial charge in [0.2, 0.25) is 0 Å². The van der Waals surface area contributed by atoms with Crippen molar-refractivity contribution in [3.8, 4) is 0 Å². The summed E-state index contributed by atoms with van der Waals surface area (Å²) >= 11 is 0. The van der Waals surface area contributed by atoms with Crippen LogP contribution in [0.3, 0.4) is 0 Å². The third-order valence-electron chi connectivity index (χ3n) is 7.14. The Morgan fingerprint density at radius 1 is 1.13 bits per heavy atom. The first kappa shape index (κ1) is 18.7. The number of nitrogens with zero attached hydrogens (tertiary/aromatic N) is 5. The lowest BCUT2D eigenvalue weighted by atomic mass is 9.89. The van der Waals surface area contributed by atoms with E-state index in [1.54, 1.807) is 6.20 Å². The lowest BCUT2D eigenvalue weighted by Gasteiger charge is -2.38. The molecule has 8 heteroatoms. The number of ether oxygens (including phenoxy) is 1. The topological polar surface area (TPSA) is 63.0 Å². The Hall–Kier alpha value is -3.00. The van der Waals surface area contributed by atoms with Crippen LogP contribution in [0.5, 0.6) is 0 Å². The highest BCUT2D eigenvalue weighted by Crippen LogP contribution is 2.53. The van der Waals surface area contributed by atoms with Crippen molar-refractivity contribution in [1.82, 2.24) is 19.5 Å². The third-order valence-corrected chi connectivity index (χ3v) is 7.14. The number of aromatic nitrogens is 3. The lowest BCUT2D eigenvalue weighted by molar-refractivity contribution is -0.143. The first-order chi connectivity index (χ1) is 15.0. The van der Waals surface area contributed by atoms with E-state index >= 15 is 0 Å². The number of hydrogen-bond acceptors (Lipinski definition) is 5. The quantitative estimate of drug-likeness (QED) is 0.635.